The van der Waals surface area contributed by atoms with Gasteiger partial charge >= 0.3 is 0 Å². The van der Waals surface area contributed by atoms with Gasteiger partial charge in [-0.15, -0.1) is 0 Å². The van der Waals surface area contributed by atoms with Crippen molar-refractivity contribution in [3.63, 3.8) is 0 Å². The zero-order chi connectivity index (χ0) is 21.9. The lowest BCUT2D eigenvalue weighted by Crippen LogP contribution is -2.42. The van der Waals surface area contributed by atoms with Gasteiger partial charge in [-0.25, -0.2) is 0 Å². The molecule has 0 saturated heterocycles. The van der Waals surface area contributed by atoms with Crippen molar-refractivity contribution in [2.45, 2.75) is 33.1 Å². The van der Waals surface area contributed by atoms with E-state index < -0.39 is 11.8 Å². The van der Waals surface area contributed by atoms with E-state index >= 15 is 0 Å². The first-order valence-corrected chi connectivity index (χ1v) is 10.5. The van der Waals surface area contributed by atoms with E-state index in [0.717, 1.165) is 6.42 Å². The van der Waals surface area contributed by atoms with Gasteiger partial charge in [-0.2, -0.15) is 0 Å². The molecule has 0 atom stereocenters. The van der Waals surface area contributed by atoms with Gasteiger partial charge in [0, 0.05) is 23.0 Å². The molecule has 0 bridgehead atoms. The lowest BCUT2D eigenvalue weighted by Gasteiger charge is -2.13. The first-order valence-electron chi connectivity index (χ1n) is 9.71. The van der Waals surface area contributed by atoms with E-state index in [1.54, 1.807) is 42.5 Å². The predicted octanol–water partition coefficient (Wildman–Crippen LogP) is 4.05. The quantitative estimate of drug-likeness (QED) is 0.476. The number of halogens is 1. The van der Waals surface area contributed by atoms with Crippen LogP contribution in [0.1, 0.15) is 43.5 Å². The number of hydrazine groups is 1. The fourth-order valence-corrected chi connectivity index (χ4v) is 2.80. The molecule has 160 valence electrons. The number of para-hydroxylation sites is 1. The topological polar surface area (TPSA) is 96.5 Å². The van der Waals surface area contributed by atoms with Crippen LogP contribution >= 0.6 is 15.9 Å². The Hall–Kier alpha value is -2.87. The molecule has 30 heavy (non-hydrogen) atoms. The summed E-state index contributed by atoms with van der Waals surface area (Å²) >= 11 is 3.34. The number of rotatable bonds is 9. The summed E-state index contributed by atoms with van der Waals surface area (Å²) in [6, 6.07) is 14.1. The molecule has 0 heterocycles. The van der Waals surface area contributed by atoms with Crippen molar-refractivity contribution in [3.05, 3.63) is 58.6 Å². The molecule has 0 aliphatic rings. The van der Waals surface area contributed by atoms with Gasteiger partial charge in [-0.1, -0.05) is 48.0 Å². The fourth-order valence-electron chi connectivity index (χ4n) is 2.44. The molecule has 0 spiro atoms. The standard InChI is InChI=1S/C22H26BrN3O4/c1-15(2)12-13-30-19-9-8-16(23)14-18(19)22(29)26-25-21(28)11-10-20(27)24-17-6-4-3-5-7-17/h3-9,14-15H,10-13H2,1-2H3,(H,24,27)(H,25,28)(H,26,29). The molecule has 0 radical (unpaired) electrons. The maximum absolute atomic E-state index is 12.5. The number of amides is 3. The molecule has 8 heteroatoms. The van der Waals surface area contributed by atoms with Gasteiger partial charge in [0.2, 0.25) is 11.8 Å². The van der Waals surface area contributed by atoms with Gasteiger partial charge in [0.05, 0.1) is 12.2 Å². The number of carbonyl (C=O) groups is 3. The Kier molecular flexibility index (Phi) is 9.34. The lowest BCUT2D eigenvalue weighted by molar-refractivity contribution is -0.124. The average molecular weight is 476 g/mol. The largest absolute Gasteiger partial charge is 0.493 e. The Morgan fingerprint density at radius 1 is 0.967 bits per heavy atom. The van der Waals surface area contributed by atoms with E-state index in [0.29, 0.717) is 34.0 Å². The number of ether oxygens (including phenoxy) is 1. The van der Waals surface area contributed by atoms with Crippen molar-refractivity contribution in [2.24, 2.45) is 5.92 Å². The number of nitrogens with one attached hydrogen (secondary N) is 3. The molecule has 2 aromatic carbocycles. The summed E-state index contributed by atoms with van der Waals surface area (Å²) in [5, 5.41) is 2.70. The number of benzene rings is 2. The smallest absolute Gasteiger partial charge is 0.273 e. The first-order chi connectivity index (χ1) is 14.3. The summed E-state index contributed by atoms with van der Waals surface area (Å²) in [6.45, 7) is 4.67. The van der Waals surface area contributed by atoms with Crippen LogP contribution in [0, 0.1) is 5.92 Å². The first kappa shape index (κ1) is 23.4. The Balaban J connectivity index is 1.82. The molecule has 2 rings (SSSR count). The molecule has 0 unspecified atom stereocenters. The number of carbonyl (C=O) groups excluding carboxylic acids is 3. The van der Waals surface area contributed by atoms with Gasteiger partial charge in [0.15, 0.2) is 0 Å². The molecular formula is C22H26BrN3O4. The van der Waals surface area contributed by atoms with Crippen LogP contribution < -0.4 is 20.9 Å². The molecule has 0 saturated carbocycles. The van der Waals surface area contributed by atoms with Crippen LogP contribution in [0.5, 0.6) is 5.75 Å². The molecule has 7 nitrogen and oxygen atoms in total. The van der Waals surface area contributed by atoms with E-state index in [-0.39, 0.29) is 18.7 Å². The van der Waals surface area contributed by atoms with Gasteiger partial charge < -0.3 is 10.1 Å². The highest BCUT2D eigenvalue weighted by Crippen LogP contribution is 2.23. The summed E-state index contributed by atoms with van der Waals surface area (Å²) in [5.41, 5.74) is 5.66. The summed E-state index contributed by atoms with van der Waals surface area (Å²) in [4.78, 5) is 36.4. The molecule has 0 aromatic heterocycles. The van der Waals surface area contributed by atoms with Crippen LogP contribution in [0.15, 0.2) is 53.0 Å². The van der Waals surface area contributed by atoms with Crippen molar-refractivity contribution in [3.8, 4) is 5.75 Å². The second kappa shape index (κ2) is 12.0. The van der Waals surface area contributed by atoms with E-state index in [4.69, 9.17) is 4.74 Å². The Morgan fingerprint density at radius 2 is 1.67 bits per heavy atom. The third-order valence-electron chi connectivity index (χ3n) is 4.09. The zero-order valence-electron chi connectivity index (χ0n) is 17.0. The summed E-state index contributed by atoms with van der Waals surface area (Å²) in [6.07, 6.45) is 0.797. The Morgan fingerprint density at radius 3 is 2.37 bits per heavy atom. The van der Waals surface area contributed by atoms with Crippen LogP contribution in [0.25, 0.3) is 0 Å². The third kappa shape index (κ3) is 8.24. The molecule has 3 amide bonds. The number of hydrogen-bond donors (Lipinski definition) is 3. The van der Waals surface area contributed by atoms with Gasteiger partial charge in [0.25, 0.3) is 5.91 Å². The van der Waals surface area contributed by atoms with Gasteiger partial charge in [-0.05, 0) is 42.7 Å². The Bertz CT molecular complexity index is 872. The van der Waals surface area contributed by atoms with Crippen LogP contribution in [0.3, 0.4) is 0 Å². The third-order valence-corrected chi connectivity index (χ3v) is 4.58. The minimum atomic E-state index is -0.502. The highest BCUT2D eigenvalue weighted by atomic mass is 79.9. The molecule has 0 aliphatic heterocycles. The van der Waals surface area contributed by atoms with E-state index in [9.17, 15) is 14.4 Å². The van der Waals surface area contributed by atoms with E-state index in [1.165, 1.54) is 0 Å². The van der Waals surface area contributed by atoms with Crippen molar-refractivity contribution in [1.29, 1.82) is 0 Å². The minimum Gasteiger partial charge on any atom is -0.493 e. The maximum atomic E-state index is 12.5. The highest BCUT2D eigenvalue weighted by Gasteiger charge is 2.15. The normalized spacial score (nSPS) is 10.4. The average Bonchev–Trinajstić information content (AvgIpc) is 2.72. The van der Waals surface area contributed by atoms with Crippen molar-refractivity contribution in [2.75, 3.05) is 11.9 Å². The minimum absolute atomic E-state index is 0.00293. The van der Waals surface area contributed by atoms with Gasteiger partial charge in [-0.3, -0.25) is 25.2 Å². The number of hydrogen-bond acceptors (Lipinski definition) is 4. The van der Waals surface area contributed by atoms with Crippen LogP contribution in [-0.2, 0) is 9.59 Å². The van der Waals surface area contributed by atoms with Crippen molar-refractivity contribution in [1.82, 2.24) is 10.9 Å². The predicted molar refractivity (Wildman–Crippen MR) is 119 cm³/mol. The summed E-state index contributed by atoms with van der Waals surface area (Å²) < 4.78 is 6.43. The van der Waals surface area contributed by atoms with Gasteiger partial charge in [0.1, 0.15) is 5.75 Å². The van der Waals surface area contributed by atoms with E-state index in [2.05, 4.69) is 45.9 Å². The molecular weight excluding hydrogens is 450 g/mol. The second-order valence-corrected chi connectivity index (χ2v) is 8.00. The molecule has 0 fully saturated rings. The molecule has 3 N–H and O–H groups in total. The zero-order valence-corrected chi connectivity index (χ0v) is 18.6. The summed E-state index contributed by atoms with van der Waals surface area (Å²) in [7, 11) is 0. The Labute approximate surface area is 184 Å². The van der Waals surface area contributed by atoms with Crippen molar-refractivity contribution < 1.29 is 19.1 Å². The SMILES string of the molecule is CC(C)CCOc1ccc(Br)cc1C(=O)NNC(=O)CCC(=O)Nc1ccccc1. The van der Waals surface area contributed by atoms with Crippen LogP contribution in [0.2, 0.25) is 0 Å². The number of anilines is 1. The van der Waals surface area contributed by atoms with Crippen LogP contribution in [-0.4, -0.2) is 24.3 Å². The van der Waals surface area contributed by atoms with Crippen molar-refractivity contribution >= 4 is 39.3 Å². The second-order valence-electron chi connectivity index (χ2n) is 7.09. The fraction of sp³-hybridized carbons (Fsp3) is 0.318. The highest BCUT2D eigenvalue weighted by molar-refractivity contribution is 9.10. The summed E-state index contributed by atoms with van der Waals surface area (Å²) in [5.74, 6) is -0.332. The molecule has 2 aromatic rings. The lowest BCUT2D eigenvalue weighted by atomic mass is 10.1. The maximum Gasteiger partial charge on any atom is 0.273 e. The van der Waals surface area contributed by atoms with E-state index in [1.807, 2.05) is 6.07 Å². The molecule has 0 aliphatic carbocycles. The monoisotopic (exact) mass is 475 g/mol. The van der Waals surface area contributed by atoms with Crippen LogP contribution in [0.4, 0.5) is 5.69 Å².